The number of fused-ring (bicyclic) bond motifs is 1. The molecule has 0 aliphatic heterocycles. The third kappa shape index (κ3) is 3.64. The van der Waals surface area contributed by atoms with E-state index in [0.717, 1.165) is 39.0 Å². The summed E-state index contributed by atoms with van der Waals surface area (Å²) in [5.74, 6) is 0.847. The van der Waals surface area contributed by atoms with E-state index in [1.54, 1.807) is 0 Å². The maximum absolute atomic E-state index is 6.48. The molecule has 27 heavy (non-hydrogen) atoms. The lowest BCUT2D eigenvalue weighted by Crippen LogP contribution is -1.92. The van der Waals surface area contributed by atoms with Gasteiger partial charge in [-0.25, -0.2) is 4.98 Å². The molecule has 0 atom stereocenters. The van der Waals surface area contributed by atoms with Crippen molar-refractivity contribution in [2.45, 2.75) is 6.92 Å². The second-order valence-electron chi connectivity index (χ2n) is 6.15. The monoisotopic (exact) mass is 393 g/mol. The maximum atomic E-state index is 6.48. The molecule has 0 unspecified atom stereocenters. The highest BCUT2D eigenvalue weighted by atomic mass is 35.5. The maximum Gasteiger partial charge on any atom is 0.119 e. The Kier molecular flexibility index (Phi) is 5.02. The minimum absolute atomic E-state index is 0.644. The molecule has 0 N–H and O–H groups in total. The third-order valence-electron chi connectivity index (χ3n) is 4.40. The first-order chi connectivity index (χ1) is 13.2. The van der Waals surface area contributed by atoms with Gasteiger partial charge in [0.2, 0.25) is 0 Å². The molecule has 0 aliphatic rings. The van der Waals surface area contributed by atoms with Crippen molar-refractivity contribution in [3.8, 4) is 28.1 Å². The number of benzene rings is 3. The molecule has 1 heterocycles. The van der Waals surface area contributed by atoms with Crippen LogP contribution >= 0.6 is 23.2 Å². The Hall–Kier alpha value is -2.55. The molecule has 0 radical (unpaired) electrons. The predicted molar refractivity (Wildman–Crippen MR) is 114 cm³/mol. The number of rotatable bonds is 4. The molecular formula is C23H17Cl2NO. The lowest BCUT2D eigenvalue weighted by Gasteiger charge is -2.12. The average Bonchev–Trinajstić information content (AvgIpc) is 2.69. The molecule has 0 saturated carbocycles. The van der Waals surface area contributed by atoms with Crippen molar-refractivity contribution in [2.75, 3.05) is 6.61 Å². The van der Waals surface area contributed by atoms with Crippen molar-refractivity contribution >= 4 is 34.1 Å². The molecule has 4 aromatic rings. The van der Waals surface area contributed by atoms with Crippen LogP contribution in [0.2, 0.25) is 10.0 Å². The number of aromatic nitrogens is 1. The van der Waals surface area contributed by atoms with E-state index in [2.05, 4.69) is 6.07 Å². The van der Waals surface area contributed by atoms with Gasteiger partial charge < -0.3 is 4.74 Å². The fraction of sp³-hybridized carbons (Fsp3) is 0.0870. The van der Waals surface area contributed by atoms with Crippen molar-refractivity contribution < 1.29 is 4.74 Å². The van der Waals surface area contributed by atoms with Crippen LogP contribution in [0, 0.1) is 0 Å². The van der Waals surface area contributed by atoms with Gasteiger partial charge in [0, 0.05) is 26.6 Å². The van der Waals surface area contributed by atoms with Crippen LogP contribution in [0.5, 0.6) is 5.75 Å². The van der Waals surface area contributed by atoms with Gasteiger partial charge in [-0.05, 0) is 67.1 Å². The van der Waals surface area contributed by atoms with E-state index in [-0.39, 0.29) is 0 Å². The third-order valence-corrected chi connectivity index (χ3v) is 4.96. The highest BCUT2D eigenvalue weighted by Crippen LogP contribution is 2.36. The second-order valence-corrected chi connectivity index (χ2v) is 7.00. The average molecular weight is 394 g/mol. The van der Waals surface area contributed by atoms with Crippen molar-refractivity contribution in [3.05, 3.63) is 82.8 Å². The SMILES string of the molecule is CCOc1ccc(-c2cc(-c3ccccc3Cl)c3cc(Cl)ccc3n2)cc1. The minimum atomic E-state index is 0.644. The van der Waals surface area contributed by atoms with Crippen LogP contribution in [0.15, 0.2) is 72.8 Å². The van der Waals surface area contributed by atoms with E-state index in [9.17, 15) is 0 Å². The van der Waals surface area contributed by atoms with E-state index in [4.69, 9.17) is 32.9 Å². The molecule has 4 heteroatoms. The van der Waals surface area contributed by atoms with Gasteiger partial charge in [-0.15, -0.1) is 0 Å². The highest BCUT2D eigenvalue weighted by Gasteiger charge is 2.12. The zero-order valence-corrected chi connectivity index (χ0v) is 16.3. The van der Waals surface area contributed by atoms with E-state index in [1.165, 1.54) is 0 Å². The smallest absolute Gasteiger partial charge is 0.119 e. The summed E-state index contributed by atoms with van der Waals surface area (Å²) in [5, 5.41) is 2.35. The molecule has 0 aliphatic carbocycles. The normalized spacial score (nSPS) is 10.9. The Bertz CT molecular complexity index is 1110. The van der Waals surface area contributed by atoms with Crippen LogP contribution < -0.4 is 4.74 Å². The van der Waals surface area contributed by atoms with Crippen LogP contribution in [0.3, 0.4) is 0 Å². The second kappa shape index (κ2) is 7.59. The number of hydrogen-bond acceptors (Lipinski definition) is 2. The van der Waals surface area contributed by atoms with Crippen LogP contribution in [-0.4, -0.2) is 11.6 Å². The Balaban J connectivity index is 1.93. The molecule has 0 saturated heterocycles. The molecule has 3 aromatic carbocycles. The summed E-state index contributed by atoms with van der Waals surface area (Å²) in [6.45, 7) is 2.62. The van der Waals surface area contributed by atoms with Gasteiger partial charge in [0.1, 0.15) is 5.75 Å². The first-order valence-electron chi connectivity index (χ1n) is 8.74. The van der Waals surface area contributed by atoms with E-state index >= 15 is 0 Å². The number of nitrogens with zero attached hydrogens (tertiary/aromatic N) is 1. The Labute approximate surface area is 168 Å². The molecule has 2 nitrogen and oxygen atoms in total. The zero-order chi connectivity index (χ0) is 18.8. The molecule has 0 spiro atoms. The predicted octanol–water partition coefficient (Wildman–Crippen LogP) is 7.27. The standard InChI is InChI=1S/C23H17Cl2NO/c1-2-27-17-10-7-15(8-11-17)23-14-19(18-5-3-4-6-21(18)25)20-13-16(24)9-12-22(20)26-23/h3-14H,2H2,1H3. The molecular weight excluding hydrogens is 377 g/mol. The number of halogens is 2. The summed E-state index contributed by atoms with van der Waals surface area (Å²) in [6.07, 6.45) is 0. The molecule has 0 fully saturated rings. The molecule has 4 rings (SSSR count). The molecule has 0 bridgehead atoms. The van der Waals surface area contributed by atoms with Gasteiger partial charge >= 0.3 is 0 Å². The van der Waals surface area contributed by atoms with Crippen molar-refractivity contribution in [1.82, 2.24) is 4.98 Å². The minimum Gasteiger partial charge on any atom is -0.494 e. The highest BCUT2D eigenvalue weighted by molar-refractivity contribution is 6.34. The molecule has 134 valence electrons. The lowest BCUT2D eigenvalue weighted by atomic mass is 9.98. The van der Waals surface area contributed by atoms with E-state index in [1.807, 2.05) is 73.7 Å². The molecule has 1 aromatic heterocycles. The van der Waals surface area contributed by atoms with Crippen LogP contribution in [0.25, 0.3) is 33.3 Å². The summed E-state index contributed by atoms with van der Waals surface area (Å²) in [7, 11) is 0. The van der Waals surface area contributed by atoms with Crippen molar-refractivity contribution in [1.29, 1.82) is 0 Å². The van der Waals surface area contributed by atoms with E-state index in [0.29, 0.717) is 16.7 Å². The summed E-state index contributed by atoms with van der Waals surface area (Å²) >= 11 is 12.7. The first kappa shape index (κ1) is 17.8. The van der Waals surface area contributed by atoms with Gasteiger partial charge in [-0.2, -0.15) is 0 Å². The van der Waals surface area contributed by atoms with Crippen LogP contribution in [0.4, 0.5) is 0 Å². The van der Waals surface area contributed by atoms with E-state index < -0.39 is 0 Å². The Morgan fingerprint density at radius 2 is 1.63 bits per heavy atom. The zero-order valence-electron chi connectivity index (χ0n) is 14.7. The fourth-order valence-corrected chi connectivity index (χ4v) is 3.55. The van der Waals surface area contributed by atoms with Crippen LogP contribution in [-0.2, 0) is 0 Å². The van der Waals surface area contributed by atoms with Gasteiger partial charge in [0.15, 0.2) is 0 Å². The summed E-state index contributed by atoms with van der Waals surface area (Å²) in [5.41, 5.74) is 4.74. The number of hydrogen-bond donors (Lipinski definition) is 0. The molecule has 0 amide bonds. The number of ether oxygens (including phenoxy) is 1. The largest absolute Gasteiger partial charge is 0.494 e. The van der Waals surface area contributed by atoms with Crippen molar-refractivity contribution in [2.24, 2.45) is 0 Å². The van der Waals surface area contributed by atoms with Crippen molar-refractivity contribution in [3.63, 3.8) is 0 Å². The Morgan fingerprint density at radius 1 is 0.852 bits per heavy atom. The quantitative estimate of drug-likeness (QED) is 0.363. The van der Waals surface area contributed by atoms with Gasteiger partial charge in [-0.3, -0.25) is 0 Å². The summed E-state index contributed by atoms with van der Waals surface area (Å²) < 4.78 is 5.54. The van der Waals surface area contributed by atoms with Gasteiger partial charge in [-0.1, -0.05) is 41.4 Å². The van der Waals surface area contributed by atoms with Gasteiger partial charge in [0.25, 0.3) is 0 Å². The first-order valence-corrected chi connectivity index (χ1v) is 9.50. The topological polar surface area (TPSA) is 22.1 Å². The lowest BCUT2D eigenvalue weighted by molar-refractivity contribution is 0.340. The van der Waals surface area contributed by atoms with Gasteiger partial charge in [0.05, 0.1) is 17.8 Å². The van der Waals surface area contributed by atoms with Crippen LogP contribution in [0.1, 0.15) is 6.92 Å². The fourth-order valence-electron chi connectivity index (χ4n) is 3.14. The summed E-state index contributed by atoms with van der Waals surface area (Å²) in [6, 6.07) is 23.6. The summed E-state index contributed by atoms with van der Waals surface area (Å²) in [4.78, 5) is 4.84. The Morgan fingerprint density at radius 3 is 2.37 bits per heavy atom. The number of pyridine rings is 1.